The van der Waals surface area contributed by atoms with Crippen molar-refractivity contribution in [3.63, 3.8) is 0 Å². The van der Waals surface area contributed by atoms with Gasteiger partial charge >= 0.3 is 5.97 Å². The molecule has 0 saturated heterocycles. The minimum absolute atomic E-state index is 0.0152. The molecule has 4 nitrogen and oxygen atoms in total. The average Bonchev–Trinajstić information content (AvgIpc) is 2.34. The zero-order valence-corrected chi connectivity index (χ0v) is 11.3. The standard InChI is InChI=1S/C15H18N2O2/c1-9(2)13(15(18)19)17-14-12-7-5-4-6-11(12)8-10(3)16-14/h4-9,13H,1-3H3,(H,16,17)(H,18,19). The van der Waals surface area contributed by atoms with E-state index < -0.39 is 12.0 Å². The number of fused-ring (bicyclic) bond motifs is 1. The number of rotatable bonds is 4. The van der Waals surface area contributed by atoms with E-state index in [0.717, 1.165) is 16.5 Å². The minimum atomic E-state index is -0.859. The van der Waals surface area contributed by atoms with E-state index in [2.05, 4.69) is 10.3 Å². The van der Waals surface area contributed by atoms with Crippen LogP contribution in [0, 0.1) is 12.8 Å². The maximum atomic E-state index is 11.3. The van der Waals surface area contributed by atoms with Crippen LogP contribution in [0.5, 0.6) is 0 Å². The number of nitrogens with one attached hydrogen (secondary N) is 1. The van der Waals surface area contributed by atoms with Gasteiger partial charge in [0.15, 0.2) is 0 Å². The van der Waals surface area contributed by atoms with Crippen molar-refractivity contribution in [1.82, 2.24) is 4.98 Å². The molecular formula is C15H18N2O2. The number of carboxylic acid groups (broad SMARTS) is 1. The predicted molar refractivity (Wildman–Crippen MR) is 76.4 cm³/mol. The number of aliphatic carboxylic acids is 1. The molecule has 1 atom stereocenters. The molecule has 1 aromatic heterocycles. The molecule has 2 N–H and O–H groups in total. The van der Waals surface area contributed by atoms with Gasteiger partial charge < -0.3 is 10.4 Å². The lowest BCUT2D eigenvalue weighted by Gasteiger charge is -2.20. The highest BCUT2D eigenvalue weighted by Crippen LogP contribution is 2.24. The van der Waals surface area contributed by atoms with Crippen LogP contribution in [-0.4, -0.2) is 22.1 Å². The average molecular weight is 258 g/mol. The van der Waals surface area contributed by atoms with Gasteiger partial charge in [-0.2, -0.15) is 0 Å². The third-order valence-corrected chi connectivity index (χ3v) is 3.09. The van der Waals surface area contributed by atoms with Crippen LogP contribution in [0.1, 0.15) is 19.5 Å². The predicted octanol–water partition coefficient (Wildman–Crippen LogP) is 3.06. The molecule has 4 heteroatoms. The highest BCUT2D eigenvalue weighted by atomic mass is 16.4. The van der Waals surface area contributed by atoms with E-state index in [0.29, 0.717) is 5.82 Å². The van der Waals surface area contributed by atoms with Crippen molar-refractivity contribution in [2.24, 2.45) is 5.92 Å². The Morgan fingerprint density at radius 3 is 2.63 bits per heavy atom. The Bertz CT molecular complexity index is 608. The monoisotopic (exact) mass is 258 g/mol. The van der Waals surface area contributed by atoms with Crippen LogP contribution in [0.2, 0.25) is 0 Å². The molecule has 0 bridgehead atoms. The SMILES string of the molecule is Cc1cc2ccccc2c(NC(C(=O)O)C(C)C)n1. The van der Waals surface area contributed by atoms with Crippen LogP contribution in [0.4, 0.5) is 5.82 Å². The van der Waals surface area contributed by atoms with Crippen molar-refractivity contribution in [2.75, 3.05) is 5.32 Å². The number of benzene rings is 1. The fourth-order valence-electron chi connectivity index (χ4n) is 2.10. The molecule has 1 unspecified atom stereocenters. The van der Waals surface area contributed by atoms with Gasteiger partial charge in [0.2, 0.25) is 0 Å². The summed E-state index contributed by atoms with van der Waals surface area (Å²) in [5.41, 5.74) is 0.870. The summed E-state index contributed by atoms with van der Waals surface area (Å²) < 4.78 is 0. The third-order valence-electron chi connectivity index (χ3n) is 3.09. The third kappa shape index (κ3) is 2.84. The summed E-state index contributed by atoms with van der Waals surface area (Å²) in [5, 5.41) is 14.3. The van der Waals surface area contributed by atoms with Crippen molar-refractivity contribution in [3.8, 4) is 0 Å². The van der Waals surface area contributed by atoms with E-state index in [4.69, 9.17) is 0 Å². The van der Waals surface area contributed by atoms with E-state index in [1.165, 1.54) is 0 Å². The van der Waals surface area contributed by atoms with Crippen molar-refractivity contribution in [2.45, 2.75) is 26.8 Å². The van der Waals surface area contributed by atoms with E-state index >= 15 is 0 Å². The van der Waals surface area contributed by atoms with Gasteiger partial charge in [-0.3, -0.25) is 0 Å². The summed E-state index contributed by atoms with van der Waals surface area (Å²) in [6, 6.07) is 9.19. The minimum Gasteiger partial charge on any atom is -0.480 e. The van der Waals surface area contributed by atoms with E-state index in [1.54, 1.807) is 0 Å². The van der Waals surface area contributed by atoms with E-state index in [9.17, 15) is 9.90 Å². The summed E-state index contributed by atoms with van der Waals surface area (Å²) in [5.74, 6) is -0.238. The Hall–Kier alpha value is -2.10. The first-order valence-corrected chi connectivity index (χ1v) is 6.35. The smallest absolute Gasteiger partial charge is 0.326 e. The molecule has 0 aliphatic carbocycles. The second-order valence-electron chi connectivity index (χ2n) is 5.04. The fourth-order valence-corrected chi connectivity index (χ4v) is 2.10. The number of pyridine rings is 1. The topological polar surface area (TPSA) is 62.2 Å². The first-order chi connectivity index (χ1) is 8.99. The zero-order chi connectivity index (χ0) is 14.0. The second-order valence-corrected chi connectivity index (χ2v) is 5.04. The number of nitrogens with zero attached hydrogens (tertiary/aromatic N) is 1. The largest absolute Gasteiger partial charge is 0.480 e. The first-order valence-electron chi connectivity index (χ1n) is 6.35. The van der Waals surface area contributed by atoms with E-state index in [1.807, 2.05) is 51.1 Å². The van der Waals surface area contributed by atoms with Gasteiger partial charge in [-0.25, -0.2) is 9.78 Å². The lowest BCUT2D eigenvalue weighted by atomic mass is 10.0. The highest BCUT2D eigenvalue weighted by molar-refractivity contribution is 5.93. The summed E-state index contributed by atoms with van der Waals surface area (Å²) in [4.78, 5) is 15.7. The molecule has 0 saturated carbocycles. The molecule has 0 radical (unpaired) electrons. The fraction of sp³-hybridized carbons (Fsp3) is 0.333. The van der Waals surface area contributed by atoms with Crippen LogP contribution in [0.3, 0.4) is 0 Å². The van der Waals surface area contributed by atoms with Crippen LogP contribution < -0.4 is 5.32 Å². The molecule has 19 heavy (non-hydrogen) atoms. The number of anilines is 1. The molecular weight excluding hydrogens is 240 g/mol. The van der Waals surface area contributed by atoms with Crippen molar-refractivity contribution < 1.29 is 9.90 Å². The molecule has 2 aromatic rings. The molecule has 0 aliphatic rings. The zero-order valence-electron chi connectivity index (χ0n) is 11.3. The number of carboxylic acids is 1. The number of hydrogen-bond acceptors (Lipinski definition) is 3. The molecule has 1 heterocycles. The Morgan fingerprint density at radius 1 is 1.32 bits per heavy atom. The van der Waals surface area contributed by atoms with Crippen LogP contribution >= 0.6 is 0 Å². The van der Waals surface area contributed by atoms with E-state index in [-0.39, 0.29) is 5.92 Å². The van der Waals surface area contributed by atoms with Crippen LogP contribution in [0.15, 0.2) is 30.3 Å². The first kappa shape index (κ1) is 13.3. The number of aryl methyl sites for hydroxylation is 1. The molecule has 0 aliphatic heterocycles. The Kier molecular flexibility index (Phi) is 3.69. The molecule has 100 valence electrons. The van der Waals surface area contributed by atoms with Gasteiger partial charge in [-0.05, 0) is 24.3 Å². The summed E-state index contributed by atoms with van der Waals surface area (Å²) in [6.07, 6.45) is 0. The molecule has 0 fully saturated rings. The summed E-state index contributed by atoms with van der Waals surface area (Å²) in [6.45, 7) is 5.66. The second kappa shape index (κ2) is 5.26. The lowest BCUT2D eigenvalue weighted by molar-refractivity contribution is -0.138. The van der Waals surface area contributed by atoms with Gasteiger partial charge in [-0.1, -0.05) is 38.1 Å². The summed E-state index contributed by atoms with van der Waals surface area (Å²) >= 11 is 0. The summed E-state index contributed by atoms with van der Waals surface area (Å²) in [7, 11) is 0. The Morgan fingerprint density at radius 2 is 2.00 bits per heavy atom. The normalized spacial score (nSPS) is 12.6. The van der Waals surface area contributed by atoms with Gasteiger partial charge in [0.25, 0.3) is 0 Å². The van der Waals surface area contributed by atoms with Crippen molar-refractivity contribution in [1.29, 1.82) is 0 Å². The van der Waals surface area contributed by atoms with Crippen LogP contribution in [0.25, 0.3) is 10.8 Å². The van der Waals surface area contributed by atoms with Gasteiger partial charge in [0, 0.05) is 11.1 Å². The van der Waals surface area contributed by atoms with Crippen molar-refractivity contribution >= 4 is 22.6 Å². The molecule has 0 spiro atoms. The number of carbonyl (C=O) groups is 1. The quantitative estimate of drug-likeness (QED) is 0.884. The Labute approximate surface area is 112 Å². The van der Waals surface area contributed by atoms with Crippen molar-refractivity contribution in [3.05, 3.63) is 36.0 Å². The molecule has 2 rings (SSSR count). The number of aromatic nitrogens is 1. The number of hydrogen-bond donors (Lipinski definition) is 2. The maximum Gasteiger partial charge on any atom is 0.326 e. The molecule has 1 aromatic carbocycles. The van der Waals surface area contributed by atoms with Gasteiger partial charge in [-0.15, -0.1) is 0 Å². The highest BCUT2D eigenvalue weighted by Gasteiger charge is 2.22. The van der Waals surface area contributed by atoms with Crippen LogP contribution in [-0.2, 0) is 4.79 Å². The van der Waals surface area contributed by atoms with Gasteiger partial charge in [0.05, 0.1) is 0 Å². The maximum absolute atomic E-state index is 11.3. The molecule has 0 amide bonds. The lowest BCUT2D eigenvalue weighted by Crippen LogP contribution is -2.34. The Balaban J connectivity index is 2.47. The van der Waals surface area contributed by atoms with Gasteiger partial charge in [0.1, 0.15) is 11.9 Å².